The summed E-state index contributed by atoms with van der Waals surface area (Å²) in [6.45, 7) is 4.72. The van der Waals surface area contributed by atoms with E-state index in [-0.39, 0.29) is 5.91 Å². The maximum absolute atomic E-state index is 10.8. The van der Waals surface area contributed by atoms with E-state index in [0.717, 1.165) is 6.54 Å². The third kappa shape index (κ3) is 1.23. The molecule has 0 aliphatic carbocycles. The van der Waals surface area contributed by atoms with Gasteiger partial charge in [0.25, 0.3) is 0 Å². The molecule has 1 aliphatic rings. The summed E-state index contributed by atoms with van der Waals surface area (Å²) in [5.41, 5.74) is 0. The van der Waals surface area contributed by atoms with Gasteiger partial charge in [-0.05, 0) is 19.8 Å². The Morgan fingerprint density at radius 1 is 1.67 bits per heavy atom. The lowest BCUT2D eigenvalue weighted by atomic mass is 10.2. The Morgan fingerprint density at radius 3 is 2.56 bits per heavy atom. The number of hydrogen-bond donors (Lipinski definition) is 0. The third-order valence-corrected chi connectivity index (χ3v) is 1.96. The van der Waals surface area contributed by atoms with Gasteiger partial charge in [-0.25, -0.2) is 0 Å². The van der Waals surface area contributed by atoms with Crippen LogP contribution >= 0.6 is 0 Å². The van der Waals surface area contributed by atoms with Crippen LogP contribution in [0.25, 0.3) is 0 Å². The number of hydrogen-bond acceptors (Lipinski definition) is 1. The number of amides is 1. The van der Waals surface area contributed by atoms with E-state index >= 15 is 0 Å². The Labute approximate surface area is 55.8 Å². The number of carbonyl (C=O) groups excluding carboxylic acids is 1. The molecule has 1 fully saturated rings. The average Bonchev–Trinajstić information content (AvgIpc) is 2.13. The maximum atomic E-state index is 10.8. The minimum Gasteiger partial charge on any atom is -0.340 e. The van der Waals surface area contributed by atoms with E-state index in [2.05, 4.69) is 6.92 Å². The van der Waals surface area contributed by atoms with E-state index in [1.54, 1.807) is 6.92 Å². The van der Waals surface area contributed by atoms with Crippen LogP contribution in [0, 0.1) is 0 Å². The lowest BCUT2D eigenvalue weighted by molar-refractivity contribution is -0.129. The summed E-state index contributed by atoms with van der Waals surface area (Å²) in [4.78, 5) is 12.7. The monoisotopic (exact) mass is 127 g/mol. The Kier molecular flexibility index (Phi) is 1.74. The molecule has 0 bridgehead atoms. The zero-order valence-corrected chi connectivity index (χ0v) is 6.05. The molecule has 0 aromatic heterocycles. The zero-order valence-electron chi connectivity index (χ0n) is 6.05. The lowest BCUT2D eigenvalue weighted by Gasteiger charge is -2.18. The van der Waals surface area contributed by atoms with E-state index in [1.807, 2.05) is 4.90 Å². The summed E-state index contributed by atoms with van der Waals surface area (Å²) in [7, 11) is 0. The molecule has 1 aliphatic heterocycles. The van der Waals surface area contributed by atoms with E-state index in [1.165, 1.54) is 12.8 Å². The zero-order chi connectivity index (χ0) is 6.85. The van der Waals surface area contributed by atoms with Crippen molar-refractivity contribution in [2.75, 3.05) is 6.54 Å². The molecule has 1 rings (SSSR count). The second-order valence-corrected chi connectivity index (χ2v) is 2.70. The lowest BCUT2D eigenvalue weighted by Crippen LogP contribution is -2.31. The van der Waals surface area contributed by atoms with Gasteiger partial charge < -0.3 is 4.90 Å². The largest absolute Gasteiger partial charge is 0.340 e. The number of carbonyl (C=O) groups is 1. The average molecular weight is 127 g/mol. The smallest absolute Gasteiger partial charge is 0.219 e. The van der Waals surface area contributed by atoms with Gasteiger partial charge in [-0.3, -0.25) is 4.79 Å². The Balaban J connectivity index is 2.49. The molecule has 0 N–H and O–H groups in total. The van der Waals surface area contributed by atoms with Crippen LogP contribution in [0.5, 0.6) is 0 Å². The van der Waals surface area contributed by atoms with Gasteiger partial charge in [0.05, 0.1) is 0 Å². The molecular weight excluding hydrogens is 114 g/mol. The molecule has 2 nitrogen and oxygen atoms in total. The van der Waals surface area contributed by atoms with Gasteiger partial charge in [0.15, 0.2) is 0 Å². The molecule has 0 radical (unpaired) electrons. The van der Waals surface area contributed by atoms with Crippen molar-refractivity contribution in [3.05, 3.63) is 0 Å². The summed E-state index contributed by atoms with van der Waals surface area (Å²) in [5, 5.41) is 0. The van der Waals surface area contributed by atoms with E-state index in [9.17, 15) is 4.79 Å². The molecule has 2 heteroatoms. The molecule has 1 amide bonds. The van der Waals surface area contributed by atoms with Crippen molar-refractivity contribution in [1.82, 2.24) is 4.90 Å². The first-order valence-electron chi connectivity index (χ1n) is 3.49. The standard InChI is InChI=1S/C7H13NO/c1-6-4-3-5-8(6)7(2)9/h6H,3-5H2,1-2H3/t6-/m1/s1. The van der Waals surface area contributed by atoms with Crippen molar-refractivity contribution in [3.8, 4) is 0 Å². The van der Waals surface area contributed by atoms with Crippen LogP contribution in [0.15, 0.2) is 0 Å². The molecule has 1 atom stereocenters. The topological polar surface area (TPSA) is 20.3 Å². The van der Waals surface area contributed by atoms with E-state index < -0.39 is 0 Å². The SMILES string of the molecule is CC(=O)N1CCC[C@H]1C. The molecule has 0 spiro atoms. The van der Waals surface area contributed by atoms with Crippen molar-refractivity contribution in [2.45, 2.75) is 32.7 Å². The van der Waals surface area contributed by atoms with Crippen LogP contribution in [0.2, 0.25) is 0 Å². The summed E-state index contributed by atoms with van der Waals surface area (Å²) < 4.78 is 0. The van der Waals surface area contributed by atoms with Crippen LogP contribution in [-0.2, 0) is 4.79 Å². The second kappa shape index (κ2) is 2.38. The van der Waals surface area contributed by atoms with Gasteiger partial charge in [0, 0.05) is 19.5 Å². The predicted octanol–water partition coefficient (Wildman–Crippen LogP) is 1.02. The molecule has 1 heterocycles. The van der Waals surface area contributed by atoms with Crippen LogP contribution in [0.3, 0.4) is 0 Å². The van der Waals surface area contributed by atoms with E-state index in [0.29, 0.717) is 6.04 Å². The first-order valence-corrected chi connectivity index (χ1v) is 3.49. The Hall–Kier alpha value is -0.530. The van der Waals surface area contributed by atoms with Gasteiger partial charge in [0.1, 0.15) is 0 Å². The van der Waals surface area contributed by atoms with E-state index in [4.69, 9.17) is 0 Å². The van der Waals surface area contributed by atoms with Gasteiger partial charge in [-0.2, -0.15) is 0 Å². The third-order valence-electron chi connectivity index (χ3n) is 1.96. The summed E-state index contributed by atoms with van der Waals surface area (Å²) >= 11 is 0. The number of rotatable bonds is 0. The van der Waals surface area contributed by atoms with Crippen molar-refractivity contribution in [2.24, 2.45) is 0 Å². The highest BCUT2D eigenvalue weighted by atomic mass is 16.2. The van der Waals surface area contributed by atoms with Gasteiger partial charge in [0.2, 0.25) is 5.91 Å². The van der Waals surface area contributed by atoms with Gasteiger partial charge in [-0.1, -0.05) is 0 Å². The predicted molar refractivity (Wildman–Crippen MR) is 36.1 cm³/mol. The molecule has 1 saturated heterocycles. The van der Waals surface area contributed by atoms with Crippen LogP contribution < -0.4 is 0 Å². The van der Waals surface area contributed by atoms with Gasteiger partial charge in [-0.15, -0.1) is 0 Å². The minimum atomic E-state index is 0.222. The molecular formula is C7H13NO. The molecule has 0 unspecified atom stereocenters. The summed E-state index contributed by atoms with van der Waals surface area (Å²) in [5.74, 6) is 0.222. The normalized spacial score (nSPS) is 26.9. The van der Waals surface area contributed by atoms with Crippen molar-refractivity contribution in [1.29, 1.82) is 0 Å². The first kappa shape index (κ1) is 6.59. The molecule has 52 valence electrons. The highest BCUT2D eigenvalue weighted by Crippen LogP contribution is 2.15. The highest BCUT2D eigenvalue weighted by molar-refractivity contribution is 5.73. The maximum Gasteiger partial charge on any atom is 0.219 e. The molecule has 0 aromatic rings. The second-order valence-electron chi connectivity index (χ2n) is 2.70. The number of likely N-dealkylation sites (tertiary alicyclic amines) is 1. The quantitative estimate of drug-likeness (QED) is 0.475. The van der Waals surface area contributed by atoms with Gasteiger partial charge >= 0.3 is 0 Å². The highest BCUT2D eigenvalue weighted by Gasteiger charge is 2.21. The molecule has 9 heavy (non-hydrogen) atoms. The van der Waals surface area contributed by atoms with Crippen LogP contribution in [-0.4, -0.2) is 23.4 Å². The first-order chi connectivity index (χ1) is 4.22. The fourth-order valence-electron chi connectivity index (χ4n) is 1.40. The fraction of sp³-hybridized carbons (Fsp3) is 0.857. The van der Waals surface area contributed by atoms with Crippen LogP contribution in [0.1, 0.15) is 26.7 Å². The summed E-state index contributed by atoms with van der Waals surface area (Å²) in [6.07, 6.45) is 2.36. The fourth-order valence-corrected chi connectivity index (χ4v) is 1.40. The van der Waals surface area contributed by atoms with Crippen molar-refractivity contribution >= 4 is 5.91 Å². The van der Waals surface area contributed by atoms with Crippen molar-refractivity contribution in [3.63, 3.8) is 0 Å². The van der Waals surface area contributed by atoms with Crippen molar-refractivity contribution < 1.29 is 4.79 Å². The minimum absolute atomic E-state index is 0.222. The Bertz CT molecular complexity index is 122. The van der Waals surface area contributed by atoms with Crippen LogP contribution in [0.4, 0.5) is 0 Å². The Morgan fingerprint density at radius 2 is 2.33 bits per heavy atom. The molecule has 0 aromatic carbocycles. The number of nitrogens with zero attached hydrogens (tertiary/aromatic N) is 1. The molecule has 0 saturated carbocycles. The summed E-state index contributed by atoms with van der Waals surface area (Å²) in [6, 6.07) is 0.488.